The standard InChI is InChI=1S/C28H23F3N2O2/c1-16-32-27(33-35-16)20-6-4-19(5-7-20)26-23-13-15-25(22(23)12-14-24(26)28(29,30)31)34-21-10-8-18(9-11-21)17-2-3-17/h4-12,14,17,25H,2-3,13,15H2,1H3. The second kappa shape index (κ2) is 8.26. The fourth-order valence-corrected chi connectivity index (χ4v) is 4.96. The number of rotatable bonds is 5. The molecule has 1 heterocycles. The first kappa shape index (κ1) is 21.9. The van der Waals surface area contributed by atoms with E-state index in [1.54, 1.807) is 37.3 Å². The van der Waals surface area contributed by atoms with Crippen molar-refractivity contribution < 1.29 is 22.4 Å². The van der Waals surface area contributed by atoms with Crippen LogP contribution >= 0.6 is 0 Å². The molecule has 0 aliphatic heterocycles. The Morgan fingerprint density at radius 3 is 2.23 bits per heavy atom. The summed E-state index contributed by atoms with van der Waals surface area (Å²) in [6.07, 6.45) is -1.13. The minimum absolute atomic E-state index is 0.223. The summed E-state index contributed by atoms with van der Waals surface area (Å²) in [5.74, 6) is 2.24. The van der Waals surface area contributed by atoms with Crippen molar-refractivity contribution >= 4 is 0 Å². The number of hydrogen-bond donors (Lipinski definition) is 0. The molecule has 2 aliphatic rings. The van der Waals surface area contributed by atoms with E-state index in [9.17, 15) is 13.2 Å². The molecule has 0 saturated heterocycles. The first-order valence-corrected chi connectivity index (χ1v) is 11.8. The summed E-state index contributed by atoms with van der Waals surface area (Å²) in [5.41, 5.74) is 3.62. The highest BCUT2D eigenvalue weighted by molar-refractivity contribution is 5.76. The minimum Gasteiger partial charge on any atom is -0.486 e. The normalized spacial score (nSPS) is 17.4. The van der Waals surface area contributed by atoms with Crippen molar-refractivity contribution in [1.82, 2.24) is 10.1 Å². The van der Waals surface area contributed by atoms with Crippen LogP contribution in [0.25, 0.3) is 22.5 Å². The van der Waals surface area contributed by atoms with Crippen LogP contribution in [0.4, 0.5) is 13.2 Å². The number of benzene rings is 3. The smallest absolute Gasteiger partial charge is 0.417 e. The number of halogens is 3. The molecular formula is C28H23F3N2O2. The minimum atomic E-state index is -4.47. The van der Waals surface area contributed by atoms with E-state index < -0.39 is 11.7 Å². The van der Waals surface area contributed by atoms with Gasteiger partial charge in [-0.3, -0.25) is 0 Å². The third-order valence-electron chi connectivity index (χ3n) is 6.82. The monoisotopic (exact) mass is 476 g/mol. The molecule has 1 fully saturated rings. The Kier molecular flexibility index (Phi) is 5.16. The lowest BCUT2D eigenvalue weighted by atomic mass is 9.91. The number of nitrogens with zero attached hydrogens (tertiary/aromatic N) is 2. The zero-order valence-corrected chi connectivity index (χ0v) is 19.1. The lowest BCUT2D eigenvalue weighted by Gasteiger charge is -2.20. The van der Waals surface area contributed by atoms with E-state index in [4.69, 9.17) is 9.26 Å². The van der Waals surface area contributed by atoms with Crippen LogP contribution in [0.2, 0.25) is 0 Å². The summed E-state index contributed by atoms with van der Waals surface area (Å²) in [5, 5.41) is 3.89. The summed E-state index contributed by atoms with van der Waals surface area (Å²) in [4.78, 5) is 4.19. The molecule has 4 nitrogen and oxygen atoms in total. The van der Waals surface area contributed by atoms with E-state index in [0.29, 0.717) is 47.2 Å². The molecule has 1 unspecified atom stereocenters. The zero-order chi connectivity index (χ0) is 24.2. The lowest BCUT2D eigenvalue weighted by Crippen LogP contribution is -2.10. The van der Waals surface area contributed by atoms with Crippen molar-refractivity contribution in [2.75, 3.05) is 0 Å². The van der Waals surface area contributed by atoms with Gasteiger partial charge < -0.3 is 9.26 Å². The molecule has 1 aromatic heterocycles. The van der Waals surface area contributed by atoms with E-state index in [1.807, 2.05) is 12.1 Å². The average molecular weight is 476 g/mol. The van der Waals surface area contributed by atoms with Gasteiger partial charge in [-0.05, 0) is 77.6 Å². The van der Waals surface area contributed by atoms with Crippen LogP contribution in [0, 0.1) is 6.92 Å². The van der Waals surface area contributed by atoms with Crippen LogP contribution in [0.3, 0.4) is 0 Å². The van der Waals surface area contributed by atoms with Crippen LogP contribution in [0.15, 0.2) is 65.2 Å². The van der Waals surface area contributed by atoms with Crippen LogP contribution in [-0.4, -0.2) is 10.1 Å². The maximum atomic E-state index is 14.0. The van der Waals surface area contributed by atoms with Crippen molar-refractivity contribution in [3.8, 4) is 28.3 Å². The van der Waals surface area contributed by atoms with E-state index in [-0.39, 0.29) is 11.7 Å². The highest BCUT2D eigenvalue weighted by Crippen LogP contribution is 2.46. The van der Waals surface area contributed by atoms with Crippen LogP contribution in [0.1, 0.15) is 59.4 Å². The molecule has 0 N–H and O–H groups in total. The quantitative estimate of drug-likeness (QED) is 0.296. The zero-order valence-electron chi connectivity index (χ0n) is 19.1. The lowest BCUT2D eigenvalue weighted by molar-refractivity contribution is -0.137. The molecule has 1 saturated carbocycles. The van der Waals surface area contributed by atoms with E-state index in [0.717, 1.165) is 11.3 Å². The second-order valence-electron chi connectivity index (χ2n) is 9.26. The maximum absolute atomic E-state index is 14.0. The van der Waals surface area contributed by atoms with Gasteiger partial charge in [0.05, 0.1) is 5.56 Å². The van der Waals surface area contributed by atoms with Gasteiger partial charge in [0.2, 0.25) is 11.7 Å². The van der Waals surface area contributed by atoms with Crippen molar-refractivity contribution in [3.63, 3.8) is 0 Å². The molecule has 0 bridgehead atoms. The van der Waals surface area contributed by atoms with Crippen molar-refractivity contribution in [2.24, 2.45) is 0 Å². The summed E-state index contributed by atoms with van der Waals surface area (Å²) in [7, 11) is 0. The molecule has 0 radical (unpaired) electrons. The Morgan fingerprint density at radius 1 is 0.886 bits per heavy atom. The Hall–Kier alpha value is -3.61. The maximum Gasteiger partial charge on any atom is 0.417 e. The second-order valence-corrected chi connectivity index (χ2v) is 9.26. The summed E-state index contributed by atoms with van der Waals surface area (Å²) in [6.45, 7) is 1.69. The SMILES string of the molecule is Cc1nc(-c2ccc(-c3c(C(F)(F)F)ccc4c3CCC4Oc3ccc(C4CC4)cc3)cc2)no1. The summed E-state index contributed by atoms with van der Waals surface area (Å²) < 4.78 is 53.4. The predicted octanol–water partition coefficient (Wildman–Crippen LogP) is 7.67. The average Bonchev–Trinajstić information content (AvgIpc) is 3.49. The molecule has 7 heteroatoms. The van der Waals surface area contributed by atoms with Gasteiger partial charge in [-0.15, -0.1) is 0 Å². The van der Waals surface area contributed by atoms with Gasteiger partial charge in [0.25, 0.3) is 0 Å². The number of alkyl halides is 3. The van der Waals surface area contributed by atoms with Gasteiger partial charge >= 0.3 is 6.18 Å². The third kappa shape index (κ3) is 4.20. The molecule has 3 aromatic carbocycles. The fraction of sp³-hybridized carbons (Fsp3) is 0.286. The predicted molar refractivity (Wildman–Crippen MR) is 125 cm³/mol. The van der Waals surface area contributed by atoms with Gasteiger partial charge in [0, 0.05) is 12.5 Å². The Bertz CT molecular complexity index is 1370. The topological polar surface area (TPSA) is 48.2 Å². The van der Waals surface area contributed by atoms with Crippen molar-refractivity contribution in [3.05, 3.63) is 88.8 Å². The molecule has 4 aromatic rings. The Balaban J connectivity index is 1.35. The molecule has 6 rings (SSSR count). The molecule has 0 amide bonds. The third-order valence-corrected chi connectivity index (χ3v) is 6.82. The number of aryl methyl sites for hydroxylation is 1. The molecule has 2 aliphatic carbocycles. The van der Waals surface area contributed by atoms with Crippen LogP contribution in [-0.2, 0) is 12.6 Å². The van der Waals surface area contributed by atoms with Gasteiger partial charge in [-0.2, -0.15) is 18.2 Å². The molecule has 35 heavy (non-hydrogen) atoms. The molecule has 0 spiro atoms. The van der Waals surface area contributed by atoms with E-state index in [1.165, 1.54) is 24.5 Å². The number of aromatic nitrogens is 2. The van der Waals surface area contributed by atoms with Gasteiger partial charge in [-0.25, -0.2) is 0 Å². The molecule has 178 valence electrons. The van der Waals surface area contributed by atoms with E-state index >= 15 is 0 Å². The van der Waals surface area contributed by atoms with Gasteiger partial charge in [0.1, 0.15) is 11.9 Å². The highest BCUT2D eigenvalue weighted by atomic mass is 19.4. The molecular weight excluding hydrogens is 453 g/mol. The first-order valence-electron chi connectivity index (χ1n) is 11.8. The number of fused-ring (bicyclic) bond motifs is 1. The fourth-order valence-electron chi connectivity index (χ4n) is 4.96. The number of hydrogen-bond acceptors (Lipinski definition) is 4. The Labute approximate surface area is 200 Å². The first-order chi connectivity index (χ1) is 16.9. The summed E-state index contributed by atoms with van der Waals surface area (Å²) in [6, 6.07) is 17.7. The van der Waals surface area contributed by atoms with Gasteiger partial charge in [-0.1, -0.05) is 47.6 Å². The summed E-state index contributed by atoms with van der Waals surface area (Å²) >= 11 is 0. The largest absolute Gasteiger partial charge is 0.486 e. The Morgan fingerprint density at radius 2 is 1.60 bits per heavy atom. The van der Waals surface area contributed by atoms with Crippen LogP contribution in [0.5, 0.6) is 5.75 Å². The molecule has 1 atom stereocenters. The van der Waals surface area contributed by atoms with Gasteiger partial charge in [0.15, 0.2) is 0 Å². The van der Waals surface area contributed by atoms with Crippen molar-refractivity contribution in [1.29, 1.82) is 0 Å². The van der Waals surface area contributed by atoms with Crippen molar-refractivity contribution in [2.45, 2.75) is 50.8 Å². The number of ether oxygens (including phenoxy) is 1. The highest BCUT2D eigenvalue weighted by Gasteiger charge is 2.38. The van der Waals surface area contributed by atoms with Crippen LogP contribution < -0.4 is 4.74 Å². The van der Waals surface area contributed by atoms with E-state index in [2.05, 4.69) is 22.3 Å².